The van der Waals surface area contributed by atoms with Gasteiger partial charge >= 0.3 is 0 Å². The summed E-state index contributed by atoms with van der Waals surface area (Å²) in [6.07, 6.45) is 0.474. The van der Waals surface area contributed by atoms with Gasteiger partial charge in [0.05, 0.1) is 19.6 Å². The Labute approximate surface area is 104 Å². The number of rotatable bonds is 6. The Morgan fingerprint density at radius 2 is 1.88 bits per heavy atom. The first-order chi connectivity index (χ1) is 8.15. The van der Waals surface area contributed by atoms with Crippen LogP contribution in [-0.4, -0.2) is 67.7 Å². The quantitative estimate of drug-likeness (QED) is 0.662. The third-order valence-corrected chi connectivity index (χ3v) is 3.12. The van der Waals surface area contributed by atoms with Crippen molar-refractivity contribution in [2.75, 3.05) is 45.9 Å². The van der Waals surface area contributed by atoms with Crippen molar-refractivity contribution in [2.45, 2.75) is 26.3 Å². The lowest BCUT2D eigenvalue weighted by atomic mass is 10.2. The molecule has 1 saturated heterocycles. The van der Waals surface area contributed by atoms with Crippen LogP contribution < -0.4 is 5.73 Å². The van der Waals surface area contributed by atoms with Crippen molar-refractivity contribution in [1.29, 1.82) is 0 Å². The summed E-state index contributed by atoms with van der Waals surface area (Å²) in [4.78, 5) is 16.2. The van der Waals surface area contributed by atoms with Gasteiger partial charge in [0.1, 0.15) is 0 Å². The summed E-state index contributed by atoms with van der Waals surface area (Å²) in [5.74, 6) is 0.199. The van der Waals surface area contributed by atoms with E-state index in [2.05, 4.69) is 18.7 Å². The second-order valence-electron chi connectivity index (χ2n) is 4.66. The molecule has 0 saturated carbocycles. The normalized spacial score (nSPS) is 17.8. The van der Waals surface area contributed by atoms with Gasteiger partial charge in [0, 0.05) is 38.8 Å². The highest BCUT2D eigenvalue weighted by atomic mass is 16.5. The Morgan fingerprint density at radius 1 is 1.24 bits per heavy atom. The number of amides is 1. The molecule has 0 atom stereocenters. The summed E-state index contributed by atoms with van der Waals surface area (Å²) < 4.78 is 5.22. The summed E-state index contributed by atoms with van der Waals surface area (Å²) in [5, 5.41) is 0. The second-order valence-corrected chi connectivity index (χ2v) is 4.66. The minimum atomic E-state index is 0.199. The number of nitrogens with two attached hydrogens (primary N) is 1. The van der Waals surface area contributed by atoms with Crippen LogP contribution in [0.3, 0.4) is 0 Å². The number of carbonyl (C=O) groups is 1. The van der Waals surface area contributed by atoms with Crippen LogP contribution in [0.5, 0.6) is 0 Å². The number of hydrogen-bond acceptors (Lipinski definition) is 4. The molecule has 0 aromatic heterocycles. The van der Waals surface area contributed by atoms with E-state index in [0.717, 1.165) is 26.2 Å². The van der Waals surface area contributed by atoms with Gasteiger partial charge in [0.15, 0.2) is 0 Å². The Kier molecular flexibility index (Phi) is 6.47. The standard InChI is InChI=1S/C12H25N3O2/c1-11(2)14-5-7-15(8-6-14)12(16)3-9-17-10-4-13/h11H,3-10,13H2,1-2H3. The highest BCUT2D eigenvalue weighted by molar-refractivity contribution is 5.76. The Bertz CT molecular complexity index is 226. The first-order valence-corrected chi connectivity index (χ1v) is 6.44. The average Bonchev–Trinajstić information content (AvgIpc) is 2.34. The minimum Gasteiger partial charge on any atom is -0.380 e. The second kappa shape index (κ2) is 7.63. The molecule has 5 heteroatoms. The summed E-state index contributed by atoms with van der Waals surface area (Å²) >= 11 is 0. The lowest BCUT2D eigenvalue weighted by Crippen LogP contribution is -2.50. The maximum Gasteiger partial charge on any atom is 0.224 e. The van der Waals surface area contributed by atoms with Crippen molar-refractivity contribution in [3.05, 3.63) is 0 Å². The SMILES string of the molecule is CC(C)N1CCN(C(=O)CCOCCN)CC1. The molecule has 1 amide bonds. The van der Waals surface area contributed by atoms with E-state index in [-0.39, 0.29) is 5.91 Å². The first kappa shape index (κ1) is 14.4. The van der Waals surface area contributed by atoms with Gasteiger partial charge in [-0.3, -0.25) is 9.69 Å². The van der Waals surface area contributed by atoms with Crippen LogP contribution in [0.4, 0.5) is 0 Å². The van der Waals surface area contributed by atoms with Gasteiger partial charge < -0.3 is 15.4 Å². The van der Waals surface area contributed by atoms with E-state index >= 15 is 0 Å². The topological polar surface area (TPSA) is 58.8 Å². The van der Waals surface area contributed by atoms with Crippen LogP contribution in [0.1, 0.15) is 20.3 Å². The summed E-state index contributed by atoms with van der Waals surface area (Å²) in [5.41, 5.74) is 5.31. The molecule has 0 aromatic rings. The van der Waals surface area contributed by atoms with Gasteiger partial charge in [-0.05, 0) is 13.8 Å². The number of hydrogen-bond donors (Lipinski definition) is 1. The molecule has 100 valence electrons. The van der Waals surface area contributed by atoms with E-state index in [9.17, 15) is 4.79 Å². The monoisotopic (exact) mass is 243 g/mol. The molecule has 1 heterocycles. The lowest BCUT2D eigenvalue weighted by Gasteiger charge is -2.37. The van der Waals surface area contributed by atoms with Crippen molar-refractivity contribution >= 4 is 5.91 Å². The first-order valence-electron chi connectivity index (χ1n) is 6.44. The maximum atomic E-state index is 11.8. The zero-order valence-corrected chi connectivity index (χ0v) is 11.0. The number of ether oxygens (including phenoxy) is 1. The zero-order chi connectivity index (χ0) is 12.7. The molecule has 0 bridgehead atoms. The molecule has 1 aliphatic heterocycles. The van der Waals surface area contributed by atoms with E-state index in [4.69, 9.17) is 10.5 Å². The molecule has 0 unspecified atom stereocenters. The fourth-order valence-corrected chi connectivity index (χ4v) is 1.99. The van der Waals surface area contributed by atoms with E-state index < -0.39 is 0 Å². The van der Waals surface area contributed by atoms with Crippen LogP contribution in [-0.2, 0) is 9.53 Å². The van der Waals surface area contributed by atoms with Gasteiger partial charge in [-0.25, -0.2) is 0 Å². The van der Waals surface area contributed by atoms with E-state index in [0.29, 0.717) is 32.2 Å². The van der Waals surface area contributed by atoms with E-state index in [1.54, 1.807) is 0 Å². The Balaban J connectivity index is 2.17. The number of carbonyl (C=O) groups excluding carboxylic acids is 1. The highest BCUT2D eigenvalue weighted by Crippen LogP contribution is 2.07. The van der Waals surface area contributed by atoms with Crippen molar-refractivity contribution in [2.24, 2.45) is 5.73 Å². The van der Waals surface area contributed by atoms with Crippen LogP contribution in [0, 0.1) is 0 Å². The maximum absolute atomic E-state index is 11.8. The predicted octanol–water partition coefficient (Wildman–Crippen LogP) is -0.0956. The molecule has 0 spiro atoms. The van der Waals surface area contributed by atoms with Crippen LogP contribution in [0.2, 0.25) is 0 Å². The summed E-state index contributed by atoms with van der Waals surface area (Å²) in [6, 6.07) is 0.570. The molecular weight excluding hydrogens is 218 g/mol. The van der Waals surface area contributed by atoms with E-state index in [1.807, 2.05) is 4.90 Å². The summed E-state index contributed by atoms with van der Waals surface area (Å²) in [7, 11) is 0. The highest BCUT2D eigenvalue weighted by Gasteiger charge is 2.21. The van der Waals surface area contributed by atoms with Crippen molar-refractivity contribution in [3.63, 3.8) is 0 Å². The largest absolute Gasteiger partial charge is 0.380 e. The van der Waals surface area contributed by atoms with Crippen molar-refractivity contribution in [1.82, 2.24) is 9.80 Å². The van der Waals surface area contributed by atoms with Crippen molar-refractivity contribution < 1.29 is 9.53 Å². The molecular formula is C12H25N3O2. The average molecular weight is 243 g/mol. The molecule has 5 nitrogen and oxygen atoms in total. The molecule has 1 rings (SSSR count). The van der Waals surface area contributed by atoms with Crippen LogP contribution in [0.25, 0.3) is 0 Å². The molecule has 17 heavy (non-hydrogen) atoms. The Hall–Kier alpha value is -0.650. The molecule has 1 aliphatic rings. The molecule has 0 aromatic carbocycles. The van der Waals surface area contributed by atoms with Gasteiger partial charge in [-0.1, -0.05) is 0 Å². The molecule has 2 N–H and O–H groups in total. The van der Waals surface area contributed by atoms with Gasteiger partial charge in [-0.2, -0.15) is 0 Å². The number of piperazine rings is 1. The fraction of sp³-hybridized carbons (Fsp3) is 0.917. The third-order valence-electron chi connectivity index (χ3n) is 3.12. The smallest absolute Gasteiger partial charge is 0.224 e. The minimum absolute atomic E-state index is 0.199. The van der Waals surface area contributed by atoms with Crippen LogP contribution in [0.15, 0.2) is 0 Å². The van der Waals surface area contributed by atoms with Gasteiger partial charge in [0.25, 0.3) is 0 Å². The molecule has 0 aliphatic carbocycles. The Morgan fingerprint density at radius 3 is 2.41 bits per heavy atom. The third kappa shape index (κ3) is 5.02. The van der Waals surface area contributed by atoms with Crippen molar-refractivity contribution in [3.8, 4) is 0 Å². The number of nitrogens with zero attached hydrogens (tertiary/aromatic N) is 2. The fourth-order valence-electron chi connectivity index (χ4n) is 1.99. The van der Waals surface area contributed by atoms with Crippen LogP contribution >= 0.6 is 0 Å². The van der Waals surface area contributed by atoms with Gasteiger partial charge in [-0.15, -0.1) is 0 Å². The predicted molar refractivity (Wildman–Crippen MR) is 67.8 cm³/mol. The lowest BCUT2D eigenvalue weighted by molar-refractivity contribution is -0.134. The summed E-state index contributed by atoms with van der Waals surface area (Å²) in [6.45, 7) is 9.56. The van der Waals surface area contributed by atoms with Gasteiger partial charge in [0.2, 0.25) is 5.91 Å². The zero-order valence-electron chi connectivity index (χ0n) is 11.0. The molecule has 0 radical (unpaired) electrons. The van der Waals surface area contributed by atoms with E-state index in [1.165, 1.54) is 0 Å². The molecule has 1 fully saturated rings.